The number of hydrogen-bond acceptors (Lipinski definition) is 6. The largest absolute Gasteiger partial charge is 0.449 e. The van der Waals surface area contributed by atoms with Gasteiger partial charge >= 0.3 is 6.09 Å². The summed E-state index contributed by atoms with van der Waals surface area (Å²) < 4.78 is 4.68. The van der Waals surface area contributed by atoms with Crippen molar-refractivity contribution in [3.8, 4) is 11.2 Å². The first-order chi connectivity index (χ1) is 9.51. The Morgan fingerprint density at radius 1 is 1.35 bits per heavy atom. The molecule has 0 aliphatic carbocycles. The minimum Gasteiger partial charge on any atom is -0.449 e. The Morgan fingerprint density at radius 3 is 2.50 bits per heavy atom. The molecule has 6 nitrogen and oxygen atoms in total. The van der Waals surface area contributed by atoms with Gasteiger partial charge in [-0.15, -0.1) is 0 Å². The summed E-state index contributed by atoms with van der Waals surface area (Å²) in [6.07, 6.45) is -1.00. The van der Waals surface area contributed by atoms with Gasteiger partial charge in [-0.2, -0.15) is 4.90 Å². The van der Waals surface area contributed by atoms with E-state index in [0.29, 0.717) is 10.5 Å². The number of nitrogens with zero attached hydrogens (tertiary/aromatic N) is 1. The molecule has 2 rings (SSSR count). The van der Waals surface area contributed by atoms with Crippen molar-refractivity contribution in [3.63, 3.8) is 0 Å². The molecule has 1 aromatic rings. The van der Waals surface area contributed by atoms with E-state index in [1.807, 2.05) is 0 Å². The number of ether oxygens (including phenoxy) is 1. The second-order valence-electron chi connectivity index (χ2n) is 3.87. The van der Waals surface area contributed by atoms with Crippen molar-refractivity contribution in [2.45, 2.75) is 6.92 Å². The number of imide groups is 3. The lowest BCUT2D eigenvalue weighted by Gasteiger charge is -2.10. The minimum atomic E-state index is -1.00. The molecular formula is C13H10N2O4S. The van der Waals surface area contributed by atoms with Gasteiger partial charge in [-0.25, -0.2) is 4.79 Å². The third kappa shape index (κ3) is 2.10. The summed E-state index contributed by atoms with van der Waals surface area (Å²) >= 11 is 3.75. The monoisotopic (exact) mass is 290 g/mol. The number of anilines is 1. The van der Waals surface area contributed by atoms with Crippen LogP contribution in [0.5, 0.6) is 0 Å². The van der Waals surface area contributed by atoms with Crippen LogP contribution in [0.25, 0.3) is 0 Å². The predicted octanol–water partition coefficient (Wildman–Crippen LogP) is 1.26. The molecule has 0 spiro atoms. The molecule has 0 unspecified atom stereocenters. The van der Waals surface area contributed by atoms with Gasteiger partial charge in [-0.05, 0) is 24.3 Å². The highest BCUT2D eigenvalue weighted by molar-refractivity contribution is 7.85. The standard InChI is InChI=1S/C13H10N2O4S/c1-2-19-13(18)15-11(16)8-5-7(3-4-20)10(14)6-9(8)12(15)17/h5-6,20H,2,14H2,1H3. The fraction of sp³-hybridized carbons (Fsp3) is 0.154. The summed E-state index contributed by atoms with van der Waals surface area (Å²) in [6, 6.07) is 2.69. The van der Waals surface area contributed by atoms with Crippen LogP contribution in [-0.2, 0) is 4.74 Å². The van der Waals surface area contributed by atoms with Gasteiger partial charge in [-0.1, -0.05) is 18.5 Å². The smallest absolute Gasteiger partial charge is 0.424 e. The van der Waals surface area contributed by atoms with E-state index in [1.165, 1.54) is 12.1 Å². The molecular weight excluding hydrogens is 280 g/mol. The van der Waals surface area contributed by atoms with Crippen molar-refractivity contribution in [1.29, 1.82) is 0 Å². The number of benzene rings is 1. The molecule has 0 fully saturated rings. The van der Waals surface area contributed by atoms with Gasteiger partial charge in [0.1, 0.15) is 0 Å². The van der Waals surface area contributed by atoms with E-state index in [-0.39, 0.29) is 23.4 Å². The van der Waals surface area contributed by atoms with Crippen molar-refractivity contribution >= 4 is 36.2 Å². The van der Waals surface area contributed by atoms with Crippen molar-refractivity contribution in [2.75, 3.05) is 12.3 Å². The molecule has 1 aromatic carbocycles. The minimum absolute atomic E-state index is 0.0603. The molecule has 1 aliphatic rings. The lowest BCUT2D eigenvalue weighted by atomic mass is 10.0. The Bertz CT molecular complexity index is 688. The molecule has 2 N–H and O–H groups in total. The van der Waals surface area contributed by atoms with E-state index in [2.05, 4.69) is 28.5 Å². The summed E-state index contributed by atoms with van der Waals surface area (Å²) in [5.74, 6) is 1.11. The molecule has 0 aromatic heterocycles. The number of fused-ring (bicyclic) bond motifs is 1. The van der Waals surface area contributed by atoms with Gasteiger partial charge in [0.2, 0.25) is 0 Å². The fourth-order valence-electron chi connectivity index (χ4n) is 1.83. The van der Waals surface area contributed by atoms with E-state index in [1.54, 1.807) is 6.92 Å². The average molecular weight is 290 g/mol. The van der Waals surface area contributed by atoms with Gasteiger partial charge in [-0.3, -0.25) is 9.59 Å². The highest BCUT2D eigenvalue weighted by Gasteiger charge is 2.41. The van der Waals surface area contributed by atoms with Gasteiger partial charge in [0.25, 0.3) is 11.8 Å². The molecule has 3 amide bonds. The first-order valence-corrected chi connectivity index (χ1v) is 6.10. The molecule has 0 saturated heterocycles. The quantitative estimate of drug-likeness (QED) is 0.352. The van der Waals surface area contributed by atoms with E-state index >= 15 is 0 Å². The van der Waals surface area contributed by atoms with Crippen LogP contribution in [0, 0.1) is 11.2 Å². The number of carbonyl (C=O) groups is 3. The highest BCUT2D eigenvalue weighted by Crippen LogP contribution is 2.27. The van der Waals surface area contributed by atoms with Crippen LogP contribution in [0.4, 0.5) is 10.5 Å². The Morgan fingerprint density at radius 2 is 1.95 bits per heavy atom. The summed E-state index contributed by atoms with van der Waals surface area (Å²) in [4.78, 5) is 36.2. The third-order valence-electron chi connectivity index (χ3n) is 2.70. The van der Waals surface area contributed by atoms with Crippen LogP contribution in [0.1, 0.15) is 33.2 Å². The molecule has 0 atom stereocenters. The van der Waals surface area contributed by atoms with Crippen LogP contribution in [0.15, 0.2) is 12.1 Å². The SMILES string of the molecule is CCOC(=O)N1C(=O)c2cc(N)c(C#CS)cc2C1=O. The molecule has 1 heterocycles. The van der Waals surface area contributed by atoms with Gasteiger partial charge in [0.05, 0.1) is 17.7 Å². The van der Waals surface area contributed by atoms with Gasteiger partial charge in [0, 0.05) is 11.3 Å². The number of nitrogens with two attached hydrogens (primary N) is 1. The average Bonchev–Trinajstić information content (AvgIpc) is 2.63. The topological polar surface area (TPSA) is 89.7 Å². The number of thiol groups is 1. The zero-order chi connectivity index (χ0) is 14.9. The molecule has 0 saturated carbocycles. The first kappa shape index (κ1) is 14.0. The van der Waals surface area contributed by atoms with E-state index < -0.39 is 17.9 Å². The zero-order valence-corrected chi connectivity index (χ0v) is 11.4. The van der Waals surface area contributed by atoms with Crippen molar-refractivity contribution in [1.82, 2.24) is 4.90 Å². The maximum Gasteiger partial charge on any atom is 0.424 e. The van der Waals surface area contributed by atoms with Gasteiger partial charge in [0.15, 0.2) is 0 Å². The first-order valence-electron chi connectivity index (χ1n) is 5.65. The van der Waals surface area contributed by atoms with Crippen LogP contribution in [0.2, 0.25) is 0 Å². The normalized spacial score (nSPS) is 12.8. The summed E-state index contributed by atoms with van der Waals surface area (Å²) in [7, 11) is 0. The van der Waals surface area contributed by atoms with Crippen molar-refractivity contribution in [3.05, 3.63) is 28.8 Å². The van der Waals surface area contributed by atoms with Crippen molar-refractivity contribution < 1.29 is 19.1 Å². The third-order valence-corrected chi connectivity index (χ3v) is 2.81. The lowest BCUT2D eigenvalue weighted by molar-refractivity contribution is 0.0596. The Balaban J connectivity index is 2.51. The number of hydrogen-bond donors (Lipinski definition) is 2. The Hall–Kier alpha value is -2.46. The number of rotatable bonds is 1. The molecule has 0 bridgehead atoms. The molecule has 1 aliphatic heterocycles. The molecule has 102 valence electrons. The van der Waals surface area contributed by atoms with Crippen LogP contribution >= 0.6 is 12.6 Å². The maximum atomic E-state index is 12.1. The summed E-state index contributed by atoms with van der Waals surface area (Å²) in [5.41, 5.74) is 6.47. The van der Waals surface area contributed by atoms with Gasteiger partial charge < -0.3 is 10.5 Å². The van der Waals surface area contributed by atoms with Crippen LogP contribution < -0.4 is 5.73 Å². The second-order valence-corrected chi connectivity index (χ2v) is 4.09. The van der Waals surface area contributed by atoms with E-state index in [4.69, 9.17) is 5.73 Å². The van der Waals surface area contributed by atoms with Crippen molar-refractivity contribution in [2.24, 2.45) is 0 Å². The molecule has 20 heavy (non-hydrogen) atoms. The van der Waals surface area contributed by atoms with E-state index in [0.717, 1.165) is 0 Å². The summed E-state index contributed by atoms with van der Waals surface area (Å²) in [5, 5.41) is 2.36. The highest BCUT2D eigenvalue weighted by atomic mass is 32.1. The Labute approximate surface area is 120 Å². The number of amides is 3. The zero-order valence-electron chi connectivity index (χ0n) is 10.5. The van der Waals surface area contributed by atoms with E-state index in [9.17, 15) is 14.4 Å². The fourth-order valence-corrected chi connectivity index (χ4v) is 1.95. The predicted molar refractivity (Wildman–Crippen MR) is 74.2 cm³/mol. The Kier molecular flexibility index (Phi) is 3.68. The molecule has 0 radical (unpaired) electrons. The number of carbonyl (C=O) groups excluding carboxylic acids is 3. The van der Waals surface area contributed by atoms with Crippen LogP contribution in [-0.4, -0.2) is 29.4 Å². The molecule has 7 heteroatoms. The second kappa shape index (κ2) is 5.27. The summed E-state index contributed by atoms with van der Waals surface area (Å²) in [6.45, 7) is 1.64. The lowest BCUT2D eigenvalue weighted by Crippen LogP contribution is -2.36. The maximum absolute atomic E-state index is 12.1. The van der Waals surface area contributed by atoms with Crippen LogP contribution in [0.3, 0.4) is 0 Å². The number of nitrogen functional groups attached to an aromatic ring is 1.